The van der Waals surface area contributed by atoms with E-state index in [1.54, 1.807) is 24.3 Å². The summed E-state index contributed by atoms with van der Waals surface area (Å²) >= 11 is 6.92. The third-order valence-corrected chi connectivity index (χ3v) is 3.40. The highest BCUT2D eigenvalue weighted by molar-refractivity contribution is 7.99. The second kappa shape index (κ2) is 7.70. The molecule has 2 aromatic rings. The fraction of sp³-hybridized carbons (Fsp3) is 0.400. The fourth-order valence-corrected chi connectivity index (χ4v) is 2.20. The number of halogens is 1. The molecule has 0 aliphatic heterocycles. The van der Waals surface area contributed by atoms with Gasteiger partial charge >= 0.3 is 5.97 Å². The zero-order chi connectivity index (χ0) is 16.9. The number of hydrogen-bond donors (Lipinski definition) is 0. The molecule has 1 aromatic heterocycles. The maximum Gasteiger partial charge on any atom is 0.316 e. The van der Waals surface area contributed by atoms with E-state index in [1.165, 1.54) is 0 Å². The van der Waals surface area contributed by atoms with Gasteiger partial charge in [0.1, 0.15) is 17.1 Å². The van der Waals surface area contributed by atoms with Gasteiger partial charge in [-0.2, -0.15) is 0 Å². The van der Waals surface area contributed by atoms with E-state index in [0.717, 1.165) is 11.8 Å². The predicted octanol–water partition coefficient (Wildman–Crippen LogP) is 3.74. The Kier molecular flexibility index (Phi) is 5.90. The number of carbonyl (C=O) groups excluding carboxylic acids is 1. The number of thioether (sulfide) groups is 1. The van der Waals surface area contributed by atoms with Crippen LogP contribution in [0.3, 0.4) is 0 Å². The molecule has 23 heavy (non-hydrogen) atoms. The molecule has 0 aliphatic rings. The van der Waals surface area contributed by atoms with Crippen LogP contribution >= 0.6 is 23.4 Å². The average molecular weight is 357 g/mol. The summed E-state index contributed by atoms with van der Waals surface area (Å²) in [5.74, 6) is 0.749. The molecular formula is C15H17ClN2O4S. The SMILES string of the molecule is CC(C)(C)OC(=O)CSc1nnc(COc2ccc(Cl)cc2)o1. The van der Waals surface area contributed by atoms with Gasteiger partial charge < -0.3 is 13.9 Å². The van der Waals surface area contributed by atoms with Crippen molar-refractivity contribution in [1.82, 2.24) is 10.2 Å². The van der Waals surface area contributed by atoms with Crippen molar-refractivity contribution in [1.29, 1.82) is 0 Å². The van der Waals surface area contributed by atoms with Crippen molar-refractivity contribution in [2.24, 2.45) is 0 Å². The zero-order valence-electron chi connectivity index (χ0n) is 13.0. The van der Waals surface area contributed by atoms with Gasteiger partial charge in [0, 0.05) is 5.02 Å². The summed E-state index contributed by atoms with van der Waals surface area (Å²) in [6, 6.07) is 6.95. The Bertz CT molecular complexity index is 652. The Morgan fingerprint density at radius 1 is 1.26 bits per heavy atom. The van der Waals surface area contributed by atoms with Gasteiger partial charge in [0.05, 0.1) is 0 Å². The highest BCUT2D eigenvalue weighted by atomic mass is 35.5. The number of nitrogens with zero attached hydrogens (tertiary/aromatic N) is 2. The maximum absolute atomic E-state index is 11.6. The summed E-state index contributed by atoms with van der Waals surface area (Å²) in [4.78, 5) is 11.6. The normalized spacial score (nSPS) is 11.3. The van der Waals surface area contributed by atoms with Gasteiger partial charge in [0.25, 0.3) is 11.1 Å². The van der Waals surface area contributed by atoms with Crippen molar-refractivity contribution in [3.8, 4) is 5.75 Å². The van der Waals surface area contributed by atoms with Crippen molar-refractivity contribution >= 4 is 29.3 Å². The summed E-state index contributed by atoms with van der Waals surface area (Å²) in [5.41, 5.74) is -0.510. The number of esters is 1. The lowest BCUT2D eigenvalue weighted by Gasteiger charge is -2.18. The molecule has 0 saturated carbocycles. The molecule has 2 rings (SSSR count). The fourth-order valence-electron chi connectivity index (χ4n) is 1.52. The third-order valence-electron chi connectivity index (χ3n) is 2.36. The molecule has 0 amide bonds. The van der Waals surface area contributed by atoms with Gasteiger partial charge in [-0.25, -0.2) is 0 Å². The smallest absolute Gasteiger partial charge is 0.316 e. The summed E-state index contributed by atoms with van der Waals surface area (Å²) < 4.78 is 16.1. The van der Waals surface area contributed by atoms with Crippen LogP contribution in [0.2, 0.25) is 5.02 Å². The molecule has 0 aliphatic carbocycles. The van der Waals surface area contributed by atoms with Gasteiger partial charge in [0.2, 0.25) is 0 Å². The first-order valence-electron chi connectivity index (χ1n) is 6.87. The molecule has 0 N–H and O–H groups in total. The number of benzene rings is 1. The Morgan fingerprint density at radius 2 is 1.96 bits per heavy atom. The Balaban J connectivity index is 1.79. The minimum absolute atomic E-state index is 0.108. The van der Waals surface area contributed by atoms with Gasteiger partial charge in [0.15, 0.2) is 6.61 Å². The van der Waals surface area contributed by atoms with Crippen molar-refractivity contribution in [2.75, 3.05) is 5.75 Å². The topological polar surface area (TPSA) is 74.5 Å². The molecule has 1 heterocycles. The molecule has 6 nitrogen and oxygen atoms in total. The Labute approximate surface area is 143 Å². The molecule has 124 valence electrons. The predicted molar refractivity (Wildman–Crippen MR) is 86.7 cm³/mol. The quantitative estimate of drug-likeness (QED) is 0.576. The molecule has 0 atom stereocenters. The molecule has 0 radical (unpaired) electrons. The van der Waals surface area contributed by atoms with Gasteiger partial charge in [-0.15, -0.1) is 10.2 Å². The van der Waals surface area contributed by atoms with E-state index in [0.29, 0.717) is 21.9 Å². The molecule has 0 fully saturated rings. The van der Waals surface area contributed by atoms with Gasteiger partial charge in [-0.1, -0.05) is 23.4 Å². The van der Waals surface area contributed by atoms with Crippen LogP contribution in [0, 0.1) is 0 Å². The first-order chi connectivity index (χ1) is 10.8. The lowest BCUT2D eigenvalue weighted by molar-refractivity contribution is -0.151. The van der Waals surface area contributed by atoms with Crippen LogP contribution in [0.1, 0.15) is 26.7 Å². The Morgan fingerprint density at radius 3 is 2.61 bits per heavy atom. The number of hydrogen-bond acceptors (Lipinski definition) is 7. The van der Waals surface area contributed by atoms with E-state index in [1.807, 2.05) is 20.8 Å². The minimum atomic E-state index is -0.510. The van der Waals surface area contributed by atoms with E-state index < -0.39 is 5.60 Å². The molecule has 0 bridgehead atoms. The molecular weight excluding hydrogens is 340 g/mol. The van der Waals surface area contributed by atoms with E-state index in [-0.39, 0.29) is 18.3 Å². The monoisotopic (exact) mass is 356 g/mol. The van der Waals surface area contributed by atoms with Crippen LogP contribution < -0.4 is 4.74 Å². The lowest BCUT2D eigenvalue weighted by Crippen LogP contribution is -2.24. The standard InChI is InChI=1S/C15H17ClN2O4S/c1-15(2,3)22-13(19)9-23-14-18-17-12(21-14)8-20-11-6-4-10(16)5-7-11/h4-7H,8-9H2,1-3H3. The minimum Gasteiger partial charge on any atom is -0.484 e. The largest absolute Gasteiger partial charge is 0.484 e. The van der Waals surface area contributed by atoms with E-state index in [9.17, 15) is 4.79 Å². The van der Waals surface area contributed by atoms with Crippen molar-refractivity contribution < 1.29 is 18.7 Å². The summed E-state index contributed by atoms with van der Waals surface area (Å²) in [5, 5.41) is 8.64. The van der Waals surface area contributed by atoms with Crippen LogP contribution in [0.25, 0.3) is 0 Å². The van der Waals surface area contributed by atoms with Crippen LogP contribution in [-0.2, 0) is 16.1 Å². The molecule has 0 unspecified atom stereocenters. The molecule has 8 heteroatoms. The van der Waals surface area contributed by atoms with E-state index in [4.69, 9.17) is 25.5 Å². The molecule has 0 saturated heterocycles. The second-order valence-corrected chi connectivity index (χ2v) is 6.94. The van der Waals surface area contributed by atoms with Crippen molar-refractivity contribution in [3.05, 3.63) is 35.2 Å². The number of aromatic nitrogens is 2. The first-order valence-corrected chi connectivity index (χ1v) is 8.23. The Hall–Kier alpha value is -1.73. The number of rotatable bonds is 6. The first kappa shape index (κ1) is 17.6. The molecule has 0 spiro atoms. The van der Waals surface area contributed by atoms with E-state index in [2.05, 4.69) is 10.2 Å². The lowest BCUT2D eigenvalue weighted by atomic mass is 10.2. The number of carbonyl (C=O) groups is 1. The highest BCUT2D eigenvalue weighted by Crippen LogP contribution is 2.20. The van der Waals surface area contributed by atoms with Crippen LogP contribution in [0.5, 0.6) is 5.75 Å². The maximum atomic E-state index is 11.6. The van der Waals surface area contributed by atoms with Gasteiger partial charge in [-0.05, 0) is 45.0 Å². The summed E-state index contributed by atoms with van der Waals surface area (Å²) in [7, 11) is 0. The highest BCUT2D eigenvalue weighted by Gasteiger charge is 2.17. The third kappa shape index (κ3) is 6.50. The summed E-state index contributed by atoms with van der Waals surface area (Å²) in [6.07, 6.45) is 0. The summed E-state index contributed by atoms with van der Waals surface area (Å²) in [6.45, 7) is 5.58. The second-order valence-electron chi connectivity index (χ2n) is 5.58. The van der Waals surface area contributed by atoms with Gasteiger partial charge in [-0.3, -0.25) is 4.79 Å². The molecule has 1 aromatic carbocycles. The number of ether oxygens (including phenoxy) is 2. The van der Waals surface area contributed by atoms with Crippen molar-refractivity contribution in [2.45, 2.75) is 38.2 Å². The van der Waals surface area contributed by atoms with Crippen molar-refractivity contribution in [3.63, 3.8) is 0 Å². The van der Waals surface area contributed by atoms with Crippen LogP contribution in [0.15, 0.2) is 33.9 Å². The van der Waals surface area contributed by atoms with Crippen LogP contribution in [-0.4, -0.2) is 27.5 Å². The van der Waals surface area contributed by atoms with Crippen LogP contribution in [0.4, 0.5) is 0 Å². The van der Waals surface area contributed by atoms with E-state index >= 15 is 0 Å². The zero-order valence-corrected chi connectivity index (χ0v) is 14.6. The average Bonchev–Trinajstić information content (AvgIpc) is 2.91.